The Kier molecular flexibility index (Phi) is 5.20. The fourth-order valence-corrected chi connectivity index (χ4v) is 2.08. The molecule has 0 aliphatic heterocycles. The summed E-state index contributed by atoms with van der Waals surface area (Å²) in [6, 6.07) is 9.84. The van der Waals surface area contributed by atoms with Crippen LogP contribution in [0.25, 0.3) is 0 Å². The fraction of sp³-hybridized carbons (Fsp3) is 0.412. The Hall–Kier alpha value is -2.30. The molecule has 5 nitrogen and oxygen atoms in total. The Labute approximate surface area is 131 Å². The van der Waals surface area contributed by atoms with Crippen LogP contribution in [0.1, 0.15) is 35.9 Å². The van der Waals surface area contributed by atoms with E-state index < -0.39 is 0 Å². The maximum absolute atomic E-state index is 12.5. The first-order valence-corrected chi connectivity index (χ1v) is 7.48. The average molecular weight is 301 g/mol. The van der Waals surface area contributed by atoms with Crippen LogP contribution in [0, 0.1) is 6.92 Å². The van der Waals surface area contributed by atoms with Crippen molar-refractivity contribution < 1.29 is 9.53 Å². The molecule has 0 unspecified atom stereocenters. The molecule has 0 atom stereocenters. The second-order valence-electron chi connectivity index (χ2n) is 5.59. The third-order valence-electron chi connectivity index (χ3n) is 3.46. The van der Waals surface area contributed by atoms with Crippen molar-refractivity contribution in [2.45, 2.75) is 26.8 Å². The summed E-state index contributed by atoms with van der Waals surface area (Å²) in [6.45, 7) is 6.93. The first-order valence-electron chi connectivity index (χ1n) is 7.48. The number of amides is 1. The number of carbonyl (C=O) groups is 1. The van der Waals surface area contributed by atoms with Crippen LogP contribution in [-0.4, -0.2) is 40.8 Å². The minimum Gasteiger partial charge on any atom is -0.492 e. The van der Waals surface area contributed by atoms with Crippen LogP contribution >= 0.6 is 0 Å². The van der Waals surface area contributed by atoms with Gasteiger partial charge in [0, 0.05) is 19.3 Å². The van der Waals surface area contributed by atoms with Crippen molar-refractivity contribution in [1.29, 1.82) is 0 Å². The zero-order chi connectivity index (χ0) is 16.1. The van der Waals surface area contributed by atoms with E-state index in [0.29, 0.717) is 18.7 Å². The Morgan fingerprint density at radius 1 is 1.32 bits per heavy atom. The van der Waals surface area contributed by atoms with Gasteiger partial charge in [0.2, 0.25) is 0 Å². The Bertz CT molecular complexity index is 620. The van der Waals surface area contributed by atoms with Gasteiger partial charge in [-0.15, -0.1) is 0 Å². The molecule has 0 spiro atoms. The van der Waals surface area contributed by atoms with Crippen LogP contribution in [0.15, 0.2) is 36.5 Å². The molecule has 0 N–H and O–H groups in total. The molecule has 0 fully saturated rings. The van der Waals surface area contributed by atoms with Crippen molar-refractivity contribution in [1.82, 2.24) is 14.7 Å². The number of benzene rings is 1. The number of aryl methyl sites for hydroxylation is 1. The number of hydrogen-bond donors (Lipinski definition) is 0. The highest BCUT2D eigenvalue weighted by Gasteiger charge is 2.18. The van der Waals surface area contributed by atoms with Crippen LogP contribution in [0.4, 0.5) is 0 Å². The summed E-state index contributed by atoms with van der Waals surface area (Å²) in [7, 11) is 1.78. The number of para-hydroxylation sites is 1. The zero-order valence-corrected chi connectivity index (χ0v) is 13.6. The third kappa shape index (κ3) is 3.87. The number of aromatic nitrogens is 2. The van der Waals surface area contributed by atoms with Gasteiger partial charge in [-0.1, -0.05) is 18.2 Å². The number of rotatable bonds is 6. The van der Waals surface area contributed by atoms with Crippen LogP contribution in [0.5, 0.6) is 5.75 Å². The third-order valence-corrected chi connectivity index (χ3v) is 3.46. The summed E-state index contributed by atoms with van der Waals surface area (Å²) in [4.78, 5) is 14.1. The molecule has 2 rings (SSSR count). The molecule has 2 aromatic rings. The number of ether oxygens (including phenoxy) is 1. The molecule has 0 saturated heterocycles. The minimum absolute atomic E-state index is 0.0268. The van der Waals surface area contributed by atoms with Crippen LogP contribution in [-0.2, 0) is 0 Å². The molecule has 0 aliphatic rings. The standard InChI is InChI=1S/C17H23N3O2/c1-13(2)20-12-16(14(3)18-20)17(21)19(4)10-11-22-15-8-6-5-7-9-15/h5-9,12-13H,10-11H2,1-4H3. The normalized spacial score (nSPS) is 10.8. The topological polar surface area (TPSA) is 47.4 Å². The fourth-order valence-electron chi connectivity index (χ4n) is 2.08. The van der Waals surface area contributed by atoms with E-state index in [9.17, 15) is 4.79 Å². The highest BCUT2D eigenvalue weighted by atomic mass is 16.5. The molecule has 0 radical (unpaired) electrons. The maximum Gasteiger partial charge on any atom is 0.257 e. The number of carbonyl (C=O) groups excluding carboxylic acids is 1. The van der Waals surface area contributed by atoms with Crippen molar-refractivity contribution in [3.05, 3.63) is 47.8 Å². The molecule has 118 valence electrons. The van der Waals surface area contributed by atoms with Crippen LogP contribution in [0.2, 0.25) is 0 Å². The molecule has 1 aromatic carbocycles. The van der Waals surface area contributed by atoms with Crippen molar-refractivity contribution in [3.63, 3.8) is 0 Å². The van der Waals surface area contributed by atoms with Gasteiger partial charge in [0.25, 0.3) is 5.91 Å². The molecule has 0 aliphatic carbocycles. The molecule has 1 heterocycles. The van der Waals surface area contributed by atoms with Gasteiger partial charge in [-0.25, -0.2) is 0 Å². The summed E-state index contributed by atoms with van der Waals surface area (Å²) in [5, 5.41) is 4.38. The largest absolute Gasteiger partial charge is 0.492 e. The van der Waals surface area contributed by atoms with E-state index >= 15 is 0 Å². The van der Waals surface area contributed by atoms with Gasteiger partial charge in [-0.2, -0.15) is 5.10 Å². The SMILES string of the molecule is Cc1nn(C(C)C)cc1C(=O)N(C)CCOc1ccccc1. The summed E-state index contributed by atoms with van der Waals surface area (Å²) < 4.78 is 7.44. The summed E-state index contributed by atoms with van der Waals surface area (Å²) >= 11 is 0. The van der Waals surface area contributed by atoms with Crippen molar-refractivity contribution >= 4 is 5.91 Å². The van der Waals surface area contributed by atoms with Gasteiger partial charge < -0.3 is 9.64 Å². The lowest BCUT2D eigenvalue weighted by Gasteiger charge is -2.17. The Morgan fingerprint density at radius 3 is 2.59 bits per heavy atom. The van der Waals surface area contributed by atoms with Gasteiger partial charge in [0.1, 0.15) is 12.4 Å². The lowest BCUT2D eigenvalue weighted by Crippen LogP contribution is -2.31. The summed E-state index contributed by atoms with van der Waals surface area (Å²) in [5.74, 6) is 0.785. The van der Waals surface area contributed by atoms with E-state index in [1.807, 2.05) is 62.0 Å². The van der Waals surface area contributed by atoms with E-state index in [2.05, 4.69) is 5.10 Å². The van der Waals surface area contributed by atoms with E-state index in [0.717, 1.165) is 11.4 Å². The second-order valence-corrected chi connectivity index (χ2v) is 5.59. The number of likely N-dealkylation sites (N-methyl/N-ethyl adjacent to an activating group) is 1. The maximum atomic E-state index is 12.5. The summed E-state index contributed by atoms with van der Waals surface area (Å²) in [6.07, 6.45) is 1.82. The predicted molar refractivity (Wildman–Crippen MR) is 86.2 cm³/mol. The van der Waals surface area contributed by atoms with Gasteiger partial charge in [-0.3, -0.25) is 9.48 Å². The smallest absolute Gasteiger partial charge is 0.257 e. The monoisotopic (exact) mass is 301 g/mol. The molecule has 1 amide bonds. The molecular formula is C17H23N3O2. The highest BCUT2D eigenvalue weighted by molar-refractivity contribution is 5.94. The lowest BCUT2D eigenvalue weighted by atomic mass is 10.2. The first kappa shape index (κ1) is 16.1. The predicted octanol–water partition coefficient (Wildman–Crippen LogP) is 2.92. The highest BCUT2D eigenvalue weighted by Crippen LogP contribution is 2.13. The number of hydrogen-bond acceptors (Lipinski definition) is 3. The van der Waals surface area contributed by atoms with Crippen LogP contribution < -0.4 is 4.74 Å². The molecule has 0 saturated carbocycles. The van der Waals surface area contributed by atoms with Crippen molar-refractivity contribution in [2.75, 3.05) is 20.2 Å². The van der Waals surface area contributed by atoms with Gasteiger partial charge in [0.15, 0.2) is 0 Å². The molecule has 1 aromatic heterocycles. The quantitative estimate of drug-likeness (QED) is 0.824. The number of nitrogens with zero attached hydrogens (tertiary/aromatic N) is 3. The Morgan fingerprint density at radius 2 is 2.00 bits per heavy atom. The van der Waals surface area contributed by atoms with E-state index in [4.69, 9.17) is 4.74 Å². The van der Waals surface area contributed by atoms with Crippen LogP contribution in [0.3, 0.4) is 0 Å². The van der Waals surface area contributed by atoms with Crippen molar-refractivity contribution in [3.8, 4) is 5.75 Å². The molecular weight excluding hydrogens is 278 g/mol. The minimum atomic E-state index is -0.0268. The van der Waals surface area contributed by atoms with Gasteiger partial charge in [0.05, 0.1) is 17.8 Å². The second kappa shape index (κ2) is 7.11. The van der Waals surface area contributed by atoms with E-state index in [1.165, 1.54) is 0 Å². The van der Waals surface area contributed by atoms with E-state index in [-0.39, 0.29) is 11.9 Å². The van der Waals surface area contributed by atoms with Gasteiger partial charge >= 0.3 is 0 Å². The average Bonchev–Trinajstić information content (AvgIpc) is 2.89. The van der Waals surface area contributed by atoms with Gasteiger partial charge in [-0.05, 0) is 32.9 Å². The zero-order valence-electron chi connectivity index (χ0n) is 13.6. The van der Waals surface area contributed by atoms with E-state index in [1.54, 1.807) is 11.9 Å². The molecule has 22 heavy (non-hydrogen) atoms. The first-order chi connectivity index (χ1) is 10.5. The molecule has 5 heteroatoms. The van der Waals surface area contributed by atoms with Crippen molar-refractivity contribution in [2.24, 2.45) is 0 Å². The molecule has 0 bridgehead atoms. The lowest BCUT2D eigenvalue weighted by molar-refractivity contribution is 0.0773. The summed E-state index contributed by atoms with van der Waals surface area (Å²) in [5.41, 5.74) is 1.41. The Balaban J connectivity index is 1.92.